The van der Waals surface area contributed by atoms with Gasteiger partial charge in [-0.1, -0.05) is 158 Å². The molecule has 2 heteroatoms. The molecule has 0 spiro atoms. The summed E-state index contributed by atoms with van der Waals surface area (Å²) >= 11 is 0. The van der Waals surface area contributed by atoms with Gasteiger partial charge in [0.25, 0.3) is 0 Å². The first-order chi connectivity index (χ1) is 26.8. The number of hydrogen-bond donors (Lipinski definition) is 0. The zero-order valence-electron chi connectivity index (χ0n) is 29.7. The molecule has 0 radical (unpaired) electrons. The lowest BCUT2D eigenvalue weighted by molar-refractivity contribution is 1.18. The molecule has 0 aliphatic rings. The van der Waals surface area contributed by atoms with E-state index >= 15 is 0 Å². The Balaban J connectivity index is 1.03. The van der Waals surface area contributed by atoms with E-state index in [-0.39, 0.29) is 0 Å². The highest BCUT2D eigenvalue weighted by atomic mass is 15.1. The first-order valence-electron chi connectivity index (χ1n) is 18.5. The molecular formula is C52H36N2. The van der Waals surface area contributed by atoms with Crippen molar-refractivity contribution in [3.05, 3.63) is 218 Å². The van der Waals surface area contributed by atoms with Gasteiger partial charge in [-0.25, -0.2) is 0 Å². The van der Waals surface area contributed by atoms with Crippen LogP contribution < -0.4 is 4.90 Å². The lowest BCUT2D eigenvalue weighted by Crippen LogP contribution is -2.09. The van der Waals surface area contributed by atoms with E-state index in [1.807, 2.05) is 0 Å². The molecule has 1 heterocycles. The molecule has 0 fully saturated rings. The average Bonchev–Trinajstić information content (AvgIpc) is 3.60. The molecule has 0 atom stereocenters. The summed E-state index contributed by atoms with van der Waals surface area (Å²) < 4.78 is 2.43. The number of anilines is 3. The van der Waals surface area contributed by atoms with Crippen LogP contribution >= 0.6 is 0 Å². The van der Waals surface area contributed by atoms with Gasteiger partial charge in [0.1, 0.15) is 0 Å². The molecule has 0 unspecified atom stereocenters. The van der Waals surface area contributed by atoms with Crippen LogP contribution in [0.2, 0.25) is 0 Å². The molecule has 10 rings (SSSR count). The van der Waals surface area contributed by atoms with E-state index in [4.69, 9.17) is 0 Å². The third-order valence-corrected chi connectivity index (χ3v) is 10.6. The average molecular weight is 689 g/mol. The molecule has 0 amide bonds. The molecule has 0 saturated carbocycles. The summed E-state index contributed by atoms with van der Waals surface area (Å²) in [6.45, 7) is 0. The van der Waals surface area contributed by atoms with Crippen molar-refractivity contribution in [1.82, 2.24) is 4.57 Å². The Hall–Kier alpha value is -7.16. The Labute approximate surface area is 315 Å². The summed E-state index contributed by atoms with van der Waals surface area (Å²) in [6, 6.07) is 78.7. The second-order valence-corrected chi connectivity index (χ2v) is 13.8. The van der Waals surface area contributed by atoms with Gasteiger partial charge in [-0.05, 0) is 105 Å². The maximum Gasteiger partial charge on any atom is 0.0547 e. The van der Waals surface area contributed by atoms with Gasteiger partial charge in [0.05, 0.1) is 11.0 Å². The summed E-state index contributed by atoms with van der Waals surface area (Å²) in [6.07, 6.45) is 0. The van der Waals surface area contributed by atoms with Gasteiger partial charge in [0.15, 0.2) is 0 Å². The number of para-hydroxylation sites is 1. The smallest absolute Gasteiger partial charge is 0.0547 e. The van der Waals surface area contributed by atoms with Crippen LogP contribution in [-0.4, -0.2) is 4.57 Å². The van der Waals surface area contributed by atoms with Gasteiger partial charge in [0, 0.05) is 33.5 Å². The summed E-state index contributed by atoms with van der Waals surface area (Å²) in [5, 5.41) is 5.10. The van der Waals surface area contributed by atoms with E-state index in [2.05, 4.69) is 228 Å². The zero-order chi connectivity index (χ0) is 35.8. The van der Waals surface area contributed by atoms with Crippen molar-refractivity contribution in [2.45, 2.75) is 0 Å². The van der Waals surface area contributed by atoms with Crippen LogP contribution in [0.15, 0.2) is 218 Å². The normalized spacial score (nSPS) is 11.3. The van der Waals surface area contributed by atoms with E-state index in [1.165, 1.54) is 66.0 Å². The van der Waals surface area contributed by atoms with Gasteiger partial charge in [0.2, 0.25) is 0 Å². The fraction of sp³-hybridized carbons (Fsp3) is 0. The Morgan fingerprint density at radius 2 is 0.778 bits per heavy atom. The van der Waals surface area contributed by atoms with Crippen molar-refractivity contribution in [2.24, 2.45) is 0 Å². The van der Waals surface area contributed by atoms with Gasteiger partial charge in [-0.3, -0.25) is 0 Å². The summed E-state index contributed by atoms with van der Waals surface area (Å²) in [7, 11) is 0. The maximum atomic E-state index is 2.43. The second-order valence-electron chi connectivity index (χ2n) is 13.8. The molecule has 0 aliphatic heterocycles. The standard InChI is InChI=1S/C52H36N2/c1-4-13-37(14-5-1)38-23-30-44(31-24-38)53(43-18-8-3-9-19-43)45-32-25-39(26-33-45)40-27-34-46(35-28-40)54-49-22-12-21-48(41-15-6-2-7-16-41)51(49)52-47-20-11-10-17-42(47)29-36-50(52)54/h1-36H. The minimum absolute atomic E-state index is 1.11. The monoisotopic (exact) mass is 688 g/mol. The molecule has 0 N–H and O–H groups in total. The SMILES string of the molecule is c1ccc(-c2ccc(N(c3ccccc3)c3ccc(-c4ccc(-n5c6cccc(-c7ccccc7)c6c6c7ccccc7ccc65)cc4)cc3)cc2)cc1. The van der Waals surface area contributed by atoms with Gasteiger partial charge >= 0.3 is 0 Å². The first kappa shape index (κ1) is 31.6. The molecule has 254 valence electrons. The van der Waals surface area contributed by atoms with Gasteiger partial charge < -0.3 is 9.47 Å². The van der Waals surface area contributed by atoms with Crippen molar-refractivity contribution < 1.29 is 0 Å². The maximum absolute atomic E-state index is 2.43. The highest BCUT2D eigenvalue weighted by molar-refractivity contribution is 6.25. The Bertz CT molecular complexity index is 2870. The van der Waals surface area contributed by atoms with E-state index in [1.54, 1.807) is 0 Å². The molecule has 9 aromatic carbocycles. The van der Waals surface area contributed by atoms with Crippen molar-refractivity contribution in [1.29, 1.82) is 0 Å². The number of aromatic nitrogens is 1. The molecule has 54 heavy (non-hydrogen) atoms. The van der Waals surface area contributed by atoms with Crippen LogP contribution in [0.3, 0.4) is 0 Å². The molecule has 0 bridgehead atoms. The molecule has 0 saturated heterocycles. The van der Waals surface area contributed by atoms with Crippen molar-refractivity contribution in [3.63, 3.8) is 0 Å². The Morgan fingerprint density at radius 3 is 1.41 bits per heavy atom. The van der Waals surface area contributed by atoms with Crippen LogP contribution in [0, 0.1) is 0 Å². The summed E-state index contributed by atoms with van der Waals surface area (Å²) in [5.41, 5.74) is 14.2. The number of hydrogen-bond acceptors (Lipinski definition) is 1. The van der Waals surface area contributed by atoms with Crippen LogP contribution in [-0.2, 0) is 0 Å². The van der Waals surface area contributed by atoms with Crippen molar-refractivity contribution in [2.75, 3.05) is 4.90 Å². The van der Waals surface area contributed by atoms with E-state index in [0.717, 1.165) is 22.7 Å². The number of rotatable bonds is 7. The first-order valence-corrected chi connectivity index (χ1v) is 18.5. The summed E-state index contributed by atoms with van der Waals surface area (Å²) in [5.74, 6) is 0. The van der Waals surface area contributed by atoms with Crippen LogP contribution in [0.1, 0.15) is 0 Å². The topological polar surface area (TPSA) is 8.17 Å². The van der Waals surface area contributed by atoms with Crippen molar-refractivity contribution >= 4 is 49.6 Å². The minimum Gasteiger partial charge on any atom is -0.311 e. The molecule has 10 aromatic rings. The molecule has 1 aromatic heterocycles. The lowest BCUT2D eigenvalue weighted by atomic mass is 9.97. The fourth-order valence-electron chi connectivity index (χ4n) is 8.03. The van der Waals surface area contributed by atoms with E-state index in [0.29, 0.717) is 0 Å². The predicted octanol–water partition coefficient (Wildman–Crippen LogP) is 14.4. The fourth-order valence-corrected chi connectivity index (χ4v) is 8.03. The molecular weight excluding hydrogens is 653 g/mol. The van der Waals surface area contributed by atoms with Crippen LogP contribution in [0.5, 0.6) is 0 Å². The number of fused-ring (bicyclic) bond motifs is 5. The predicted molar refractivity (Wildman–Crippen MR) is 229 cm³/mol. The summed E-state index contributed by atoms with van der Waals surface area (Å²) in [4.78, 5) is 2.32. The highest BCUT2D eigenvalue weighted by Gasteiger charge is 2.19. The third kappa shape index (κ3) is 5.53. The molecule has 0 aliphatic carbocycles. The second kappa shape index (κ2) is 13.4. The van der Waals surface area contributed by atoms with E-state index in [9.17, 15) is 0 Å². The van der Waals surface area contributed by atoms with Crippen LogP contribution in [0.25, 0.3) is 71.6 Å². The molecule has 2 nitrogen and oxygen atoms in total. The van der Waals surface area contributed by atoms with E-state index < -0.39 is 0 Å². The number of nitrogens with zero attached hydrogens (tertiary/aromatic N) is 2. The zero-order valence-corrected chi connectivity index (χ0v) is 29.7. The van der Waals surface area contributed by atoms with Crippen molar-refractivity contribution in [3.8, 4) is 39.1 Å². The third-order valence-electron chi connectivity index (χ3n) is 10.6. The highest BCUT2D eigenvalue weighted by Crippen LogP contribution is 2.42. The number of benzene rings is 9. The quantitative estimate of drug-likeness (QED) is 0.162. The minimum atomic E-state index is 1.11. The van der Waals surface area contributed by atoms with Gasteiger partial charge in [-0.15, -0.1) is 0 Å². The Morgan fingerprint density at radius 1 is 0.296 bits per heavy atom. The Kier molecular flexibility index (Phi) is 7.85. The van der Waals surface area contributed by atoms with Crippen LogP contribution in [0.4, 0.5) is 17.1 Å². The largest absolute Gasteiger partial charge is 0.311 e. The van der Waals surface area contributed by atoms with Gasteiger partial charge in [-0.2, -0.15) is 0 Å². The lowest BCUT2D eigenvalue weighted by Gasteiger charge is -2.26.